The Morgan fingerprint density at radius 3 is 2.60 bits per heavy atom. The number of nitrogens with one attached hydrogen (secondary N) is 2. The van der Waals surface area contributed by atoms with Crippen LogP contribution in [0, 0.1) is 12.8 Å². The van der Waals surface area contributed by atoms with Gasteiger partial charge in [-0.3, -0.25) is 0 Å². The van der Waals surface area contributed by atoms with Gasteiger partial charge in [0.2, 0.25) is 0 Å². The van der Waals surface area contributed by atoms with Gasteiger partial charge in [-0.15, -0.1) is 5.10 Å². The molecule has 0 spiro atoms. The van der Waals surface area contributed by atoms with Crippen LogP contribution >= 0.6 is 11.5 Å². The van der Waals surface area contributed by atoms with Crippen molar-refractivity contribution in [2.24, 2.45) is 5.92 Å². The summed E-state index contributed by atoms with van der Waals surface area (Å²) in [5.74, 6) is 0.720. The van der Waals surface area contributed by atoms with Gasteiger partial charge in [0.25, 0.3) is 0 Å². The second-order valence-corrected chi connectivity index (χ2v) is 4.89. The monoisotopic (exact) mass is 228 g/mol. The van der Waals surface area contributed by atoms with Crippen LogP contribution in [0.3, 0.4) is 0 Å². The molecule has 1 rings (SSSR count). The average Bonchev–Trinajstić information content (AvgIpc) is 2.57. The molecule has 0 aliphatic carbocycles. The lowest BCUT2D eigenvalue weighted by molar-refractivity contribution is 0.536. The van der Waals surface area contributed by atoms with Crippen LogP contribution in [0.1, 0.15) is 24.4 Å². The minimum Gasteiger partial charge on any atom is -0.315 e. The van der Waals surface area contributed by atoms with Gasteiger partial charge >= 0.3 is 0 Å². The van der Waals surface area contributed by atoms with E-state index in [4.69, 9.17) is 0 Å². The van der Waals surface area contributed by atoms with Crippen molar-refractivity contribution in [3.8, 4) is 0 Å². The van der Waals surface area contributed by atoms with Gasteiger partial charge in [-0.05, 0) is 30.9 Å². The third-order valence-electron chi connectivity index (χ3n) is 2.06. The molecule has 0 aliphatic rings. The van der Waals surface area contributed by atoms with E-state index in [0.717, 1.165) is 37.8 Å². The lowest BCUT2D eigenvalue weighted by Crippen LogP contribution is -2.29. The lowest BCUT2D eigenvalue weighted by Gasteiger charge is -2.07. The van der Waals surface area contributed by atoms with Crippen molar-refractivity contribution in [1.82, 2.24) is 20.2 Å². The Bertz CT molecular complexity index is 272. The van der Waals surface area contributed by atoms with Gasteiger partial charge in [0.1, 0.15) is 0 Å². The summed E-state index contributed by atoms with van der Waals surface area (Å²) >= 11 is 1.47. The maximum atomic E-state index is 3.97. The van der Waals surface area contributed by atoms with Crippen molar-refractivity contribution in [1.29, 1.82) is 0 Å². The highest BCUT2D eigenvalue weighted by molar-refractivity contribution is 7.05. The van der Waals surface area contributed by atoms with Gasteiger partial charge in [0, 0.05) is 19.6 Å². The zero-order valence-corrected chi connectivity index (χ0v) is 10.5. The molecule has 0 aliphatic heterocycles. The zero-order valence-electron chi connectivity index (χ0n) is 9.71. The summed E-state index contributed by atoms with van der Waals surface area (Å²) in [4.78, 5) is 1.24. The number of hydrogen-bond donors (Lipinski definition) is 2. The molecule has 86 valence electrons. The molecular formula is C10H20N4S. The topological polar surface area (TPSA) is 49.8 Å². The van der Waals surface area contributed by atoms with Crippen LogP contribution in [0.5, 0.6) is 0 Å². The minimum absolute atomic E-state index is 0.720. The van der Waals surface area contributed by atoms with Crippen molar-refractivity contribution in [3.05, 3.63) is 10.6 Å². The second-order valence-electron chi connectivity index (χ2n) is 4.06. The summed E-state index contributed by atoms with van der Waals surface area (Å²) < 4.78 is 3.90. The van der Waals surface area contributed by atoms with Crippen molar-refractivity contribution >= 4 is 11.5 Å². The molecule has 0 fully saturated rings. The van der Waals surface area contributed by atoms with Crippen LogP contribution in [0.4, 0.5) is 0 Å². The minimum atomic E-state index is 0.720. The van der Waals surface area contributed by atoms with E-state index in [1.165, 1.54) is 16.4 Å². The van der Waals surface area contributed by atoms with Crippen molar-refractivity contribution in [3.63, 3.8) is 0 Å². The highest BCUT2D eigenvalue weighted by Crippen LogP contribution is 2.07. The first kappa shape index (κ1) is 12.5. The number of aryl methyl sites for hydroxylation is 1. The molecule has 15 heavy (non-hydrogen) atoms. The normalized spacial score (nSPS) is 11.2. The Morgan fingerprint density at radius 1 is 1.27 bits per heavy atom. The maximum Gasteiger partial charge on any atom is 0.0769 e. The molecule has 4 nitrogen and oxygen atoms in total. The fraction of sp³-hybridized carbons (Fsp3) is 0.800. The zero-order chi connectivity index (χ0) is 11.1. The fourth-order valence-electron chi connectivity index (χ4n) is 1.18. The highest BCUT2D eigenvalue weighted by atomic mass is 32.1. The Labute approximate surface area is 95.6 Å². The van der Waals surface area contributed by atoms with E-state index in [1.807, 2.05) is 6.92 Å². The first-order valence-electron chi connectivity index (χ1n) is 5.39. The average molecular weight is 228 g/mol. The van der Waals surface area contributed by atoms with Crippen LogP contribution < -0.4 is 10.6 Å². The van der Waals surface area contributed by atoms with Gasteiger partial charge in [0.15, 0.2) is 0 Å². The van der Waals surface area contributed by atoms with Crippen LogP contribution in [0.25, 0.3) is 0 Å². The quantitative estimate of drug-likeness (QED) is 0.688. The highest BCUT2D eigenvalue weighted by Gasteiger charge is 2.01. The van der Waals surface area contributed by atoms with Crippen LogP contribution in [-0.4, -0.2) is 29.2 Å². The Kier molecular flexibility index (Phi) is 5.75. The van der Waals surface area contributed by atoms with E-state index < -0.39 is 0 Å². The van der Waals surface area contributed by atoms with E-state index >= 15 is 0 Å². The fourth-order valence-corrected chi connectivity index (χ4v) is 1.78. The van der Waals surface area contributed by atoms with Crippen molar-refractivity contribution in [2.75, 3.05) is 19.6 Å². The predicted octanol–water partition coefficient (Wildman–Crippen LogP) is 1.18. The second kappa shape index (κ2) is 6.87. The van der Waals surface area contributed by atoms with E-state index in [2.05, 4.69) is 34.1 Å². The van der Waals surface area contributed by atoms with Gasteiger partial charge in [-0.1, -0.05) is 18.3 Å². The molecule has 0 saturated carbocycles. The molecule has 1 aromatic heterocycles. The third-order valence-corrected chi connectivity index (χ3v) is 2.89. The summed E-state index contributed by atoms with van der Waals surface area (Å²) in [6, 6.07) is 0. The molecular weight excluding hydrogens is 208 g/mol. The van der Waals surface area contributed by atoms with Gasteiger partial charge in [-0.2, -0.15) is 0 Å². The SMILES string of the molecule is Cc1nnsc1CNCCNCC(C)C. The molecule has 5 heteroatoms. The molecule has 1 heterocycles. The lowest BCUT2D eigenvalue weighted by atomic mass is 10.2. The van der Waals surface area contributed by atoms with E-state index in [0.29, 0.717) is 0 Å². The van der Waals surface area contributed by atoms with E-state index in [-0.39, 0.29) is 0 Å². The molecule has 2 N–H and O–H groups in total. The molecule has 0 unspecified atom stereocenters. The number of nitrogens with zero attached hydrogens (tertiary/aromatic N) is 2. The van der Waals surface area contributed by atoms with E-state index in [1.54, 1.807) is 0 Å². The Hall–Kier alpha value is -0.520. The molecule has 0 atom stereocenters. The summed E-state index contributed by atoms with van der Waals surface area (Å²) in [7, 11) is 0. The summed E-state index contributed by atoms with van der Waals surface area (Å²) in [6.45, 7) is 10.4. The first-order chi connectivity index (χ1) is 7.20. The first-order valence-corrected chi connectivity index (χ1v) is 6.16. The van der Waals surface area contributed by atoms with Crippen LogP contribution in [0.2, 0.25) is 0 Å². The van der Waals surface area contributed by atoms with Crippen LogP contribution in [0.15, 0.2) is 0 Å². The molecule has 0 radical (unpaired) electrons. The molecule has 0 amide bonds. The maximum absolute atomic E-state index is 3.97. The van der Waals surface area contributed by atoms with Gasteiger partial charge in [0.05, 0.1) is 10.6 Å². The smallest absolute Gasteiger partial charge is 0.0769 e. The summed E-state index contributed by atoms with van der Waals surface area (Å²) in [6.07, 6.45) is 0. The summed E-state index contributed by atoms with van der Waals surface area (Å²) in [5.41, 5.74) is 1.04. The third kappa shape index (κ3) is 5.20. The number of rotatable bonds is 7. The predicted molar refractivity (Wildman–Crippen MR) is 64.1 cm³/mol. The molecule has 0 bridgehead atoms. The molecule has 0 aromatic carbocycles. The Balaban J connectivity index is 2.00. The van der Waals surface area contributed by atoms with Crippen molar-refractivity contribution < 1.29 is 0 Å². The van der Waals surface area contributed by atoms with Gasteiger partial charge < -0.3 is 10.6 Å². The van der Waals surface area contributed by atoms with Crippen molar-refractivity contribution in [2.45, 2.75) is 27.3 Å². The number of aromatic nitrogens is 2. The number of hydrogen-bond acceptors (Lipinski definition) is 5. The van der Waals surface area contributed by atoms with E-state index in [9.17, 15) is 0 Å². The molecule has 0 saturated heterocycles. The molecule has 1 aromatic rings. The van der Waals surface area contributed by atoms with Crippen LogP contribution in [-0.2, 0) is 6.54 Å². The summed E-state index contributed by atoms with van der Waals surface area (Å²) in [5, 5.41) is 10.7. The largest absolute Gasteiger partial charge is 0.315 e. The Morgan fingerprint density at radius 2 is 2.00 bits per heavy atom. The standard InChI is InChI=1S/C10H20N4S/c1-8(2)6-11-4-5-12-7-10-9(3)13-14-15-10/h8,11-12H,4-7H2,1-3H3. The van der Waals surface area contributed by atoms with Gasteiger partial charge in [-0.25, -0.2) is 0 Å².